The number of rotatable bonds is 6. The minimum atomic E-state index is 0.852. The fourth-order valence-corrected chi connectivity index (χ4v) is 7.49. The van der Waals surface area contributed by atoms with Gasteiger partial charge in [0, 0.05) is 23.7 Å². The van der Waals surface area contributed by atoms with E-state index < -0.39 is 0 Å². The Hall–Kier alpha value is -6.32. The standard InChI is InChI=1S/C46H33N3/c1-2-44-48-41-23-10-12-25-43(41)49(44)42-24-11-9-15-33(42)31-26-28-32(29-27-31)45-36-18-5-7-20-38(36)46(39-21-8-6-19-37(39)45)35-17-4-3-16-34(35)40-22-13-14-30-47-40/h3-30H,2H2,1H3. The van der Waals surface area contributed by atoms with Crippen LogP contribution in [0.15, 0.2) is 170 Å². The van der Waals surface area contributed by atoms with Gasteiger partial charge in [0.1, 0.15) is 5.82 Å². The van der Waals surface area contributed by atoms with Crippen molar-refractivity contribution in [3.8, 4) is 50.3 Å². The largest absolute Gasteiger partial charge is 0.296 e. The first-order valence-electron chi connectivity index (χ1n) is 16.9. The van der Waals surface area contributed by atoms with E-state index in [9.17, 15) is 0 Å². The van der Waals surface area contributed by atoms with Crippen molar-refractivity contribution in [1.82, 2.24) is 14.5 Å². The van der Waals surface area contributed by atoms with Gasteiger partial charge in [-0.1, -0.05) is 140 Å². The Balaban J connectivity index is 1.23. The van der Waals surface area contributed by atoms with E-state index in [-0.39, 0.29) is 0 Å². The summed E-state index contributed by atoms with van der Waals surface area (Å²) in [5.74, 6) is 1.06. The van der Waals surface area contributed by atoms with E-state index in [0.717, 1.165) is 40.2 Å². The quantitative estimate of drug-likeness (QED) is 0.172. The van der Waals surface area contributed by atoms with Gasteiger partial charge in [-0.2, -0.15) is 0 Å². The number of fused-ring (bicyclic) bond motifs is 3. The molecule has 3 nitrogen and oxygen atoms in total. The third-order valence-electron chi connectivity index (χ3n) is 9.64. The molecule has 0 unspecified atom stereocenters. The van der Waals surface area contributed by atoms with Crippen LogP contribution in [0.5, 0.6) is 0 Å². The van der Waals surface area contributed by atoms with Gasteiger partial charge in [0.05, 0.1) is 22.4 Å². The van der Waals surface area contributed by atoms with E-state index in [2.05, 4.69) is 169 Å². The molecule has 2 heterocycles. The highest BCUT2D eigenvalue weighted by Crippen LogP contribution is 2.46. The molecule has 49 heavy (non-hydrogen) atoms. The van der Waals surface area contributed by atoms with Crippen LogP contribution in [0.4, 0.5) is 0 Å². The summed E-state index contributed by atoms with van der Waals surface area (Å²) in [4.78, 5) is 9.70. The normalized spacial score (nSPS) is 11.4. The van der Waals surface area contributed by atoms with E-state index in [0.29, 0.717) is 0 Å². The summed E-state index contributed by atoms with van der Waals surface area (Å²) in [5, 5.41) is 4.93. The molecule has 0 aliphatic heterocycles. The Morgan fingerprint density at radius 2 is 1.02 bits per heavy atom. The van der Waals surface area contributed by atoms with Crippen molar-refractivity contribution in [2.45, 2.75) is 13.3 Å². The van der Waals surface area contributed by atoms with Gasteiger partial charge in [0.25, 0.3) is 0 Å². The average molecular weight is 628 g/mol. The summed E-state index contributed by atoms with van der Waals surface area (Å²) in [6, 6.07) is 58.6. The van der Waals surface area contributed by atoms with E-state index in [1.807, 2.05) is 12.3 Å². The summed E-state index contributed by atoms with van der Waals surface area (Å²) in [5.41, 5.74) is 12.6. The fraction of sp³-hybridized carbons (Fsp3) is 0.0435. The summed E-state index contributed by atoms with van der Waals surface area (Å²) in [6.45, 7) is 2.17. The van der Waals surface area contributed by atoms with Crippen LogP contribution in [-0.4, -0.2) is 14.5 Å². The lowest BCUT2D eigenvalue weighted by Gasteiger charge is -2.20. The Morgan fingerprint density at radius 1 is 0.469 bits per heavy atom. The van der Waals surface area contributed by atoms with Gasteiger partial charge >= 0.3 is 0 Å². The predicted molar refractivity (Wildman–Crippen MR) is 205 cm³/mol. The SMILES string of the molecule is CCc1nc2ccccc2n1-c1ccccc1-c1ccc(-c2c3ccccc3c(-c3ccccc3-c3ccccn3)c3ccccc23)cc1. The van der Waals surface area contributed by atoms with Crippen LogP contribution in [0.25, 0.3) is 82.9 Å². The van der Waals surface area contributed by atoms with Crippen LogP contribution in [-0.2, 0) is 6.42 Å². The van der Waals surface area contributed by atoms with Crippen LogP contribution in [0, 0.1) is 0 Å². The number of pyridine rings is 1. The van der Waals surface area contributed by atoms with Crippen LogP contribution in [0.3, 0.4) is 0 Å². The number of hydrogen-bond acceptors (Lipinski definition) is 2. The molecule has 0 bridgehead atoms. The zero-order valence-corrected chi connectivity index (χ0v) is 27.2. The Kier molecular flexibility index (Phi) is 7.09. The number of aryl methyl sites for hydroxylation is 1. The highest BCUT2D eigenvalue weighted by molar-refractivity contribution is 6.22. The first-order valence-corrected chi connectivity index (χ1v) is 16.9. The lowest BCUT2D eigenvalue weighted by molar-refractivity contribution is 0.909. The number of para-hydroxylation sites is 3. The minimum absolute atomic E-state index is 0.852. The maximum Gasteiger partial charge on any atom is 0.114 e. The summed E-state index contributed by atoms with van der Waals surface area (Å²) < 4.78 is 2.32. The van der Waals surface area contributed by atoms with Gasteiger partial charge in [0.2, 0.25) is 0 Å². The lowest BCUT2D eigenvalue weighted by atomic mass is 9.84. The number of nitrogens with zero attached hydrogens (tertiary/aromatic N) is 3. The van der Waals surface area contributed by atoms with Gasteiger partial charge in [-0.05, 0) is 79.7 Å². The molecule has 0 saturated heterocycles. The summed E-state index contributed by atoms with van der Waals surface area (Å²) in [6.07, 6.45) is 2.72. The maximum atomic E-state index is 4.96. The van der Waals surface area contributed by atoms with Gasteiger partial charge in [0.15, 0.2) is 0 Å². The molecule has 3 heteroatoms. The topological polar surface area (TPSA) is 30.7 Å². The first-order chi connectivity index (χ1) is 24.3. The molecule has 0 radical (unpaired) electrons. The van der Waals surface area contributed by atoms with E-state index in [1.165, 1.54) is 54.9 Å². The molecule has 9 aromatic rings. The Morgan fingerprint density at radius 3 is 1.69 bits per heavy atom. The molecule has 0 aliphatic rings. The number of aromatic nitrogens is 3. The zero-order chi connectivity index (χ0) is 32.7. The molecule has 0 saturated carbocycles. The van der Waals surface area contributed by atoms with Crippen LogP contribution < -0.4 is 0 Å². The molecule has 0 fully saturated rings. The number of hydrogen-bond donors (Lipinski definition) is 0. The van der Waals surface area contributed by atoms with Gasteiger partial charge < -0.3 is 0 Å². The molecular weight excluding hydrogens is 595 g/mol. The second-order valence-corrected chi connectivity index (χ2v) is 12.4. The maximum absolute atomic E-state index is 4.96. The molecule has 0 amide bonds. The molecule has 9 rings (SSSR count). The second kappa shape index (κ2) is 12.0. The molecule has 7 aromatic carbocycles. The second-order valence-electron chi connectivity index (χ2n) is 12.4. The third kappa shape index (κ3) is 4.82. The zero-order valence-electron chi connectivity index (χ0n) is 27.2. The van der Waals surface area contributed by atoms with Crippen LogP contribution >= 0.6 is 0 Å². The highest BCUT2D eigenvalue weighted by Gasteiger charge is 2.20. The van der Waals surface area contributed by atoms with Crippen molar-refractivity contribution in [1.29, 1.82) is 0 Å². The number of benzene rings is 7. The summed E-state index contributed by atoms with van der Waals surface area (Å²) >= 11 is 0. The van der Waals surface area contributed by atoms with Gasteiger partial charge in [-0.15, -0.1) is 0 Å². The van der Waals surface area contributed by atoms with E-state index >= 15 is 0 Å². The Labute approximate surface area is 285 Å². The minimum Gasteiger partial charge on any atom is -0.296 e. The Bertz CT molecular complexity index is 2580. The lowest BCUT2D eigenvalue weighted by Crippen LogP contribution is -2.02. The smallest absolute Gasteiger partial charge is 0.114 e. The van der Waals surface area contributed by atoms with Crippen LogP contribution in [0.2, 0.25) is 0 Å². The molecule has 0 N–H and O–H groups in total. The molecule has 0 aliphatic carbocycles. The van der Waals surface area contributed by atoms with Crippen molar-refractivity contribution in [2.75, 3.05) is 0 Å². The molecule has 0 atom stereocenters. The predicted octanol–water partition coefficient (Wildman–Crippen LogP) is 12.0. The van der Waals surface area contributed by atoms with Gasteiger partial charge in [-0.25, -0.2) is 4.98 Å². The average Bonchev–Trinajstić information content (AvgIpc) is 3.56. The summed E-state index contributed by atoms with van der Waals surface area (Å²) in [7, 11) is 0. The van der Waals surface area contributed by atoms with Crippen molar-refractivity contribution >= 4 is 32.6 Å². The van der Waals surface area contributed by atoms with Crippen molar-refractivity contribution in [2.24, 2.45) is 0 Å². The van der Waals surface area contributed by atoms with E-state index in [4.69, 9.17) is 9.97 Å². The third-order valence-corrected chi connectivity index (χ3v) is 9.64. The fourth-order valence-electron chi connectivity index (χ4n) is 7.49. The monoisotopic (exact) mass is 627 g/mol. The van der Waals surface area contributed by atoms with Crippen molar-refractivity contribution in [3.63, 3.8) is 0 Å². The van der Waals surface area contributed by atoms with E-state index in [1.54, 1.807) is 0 Å². The first kappa shape index (κ1) is 28.9. The molecular formula is C46H33N3. The highest BCUT2D eigenvalue weighted by atomic mass is 15.1. The van der Waals surface area contributed by atoms with Crippen LogP contribution in [0.1, 0.15) is 12.7 Å². The molecule has 232 valence electrons. The van der Waals surface area contributed by atoms with Crippen molar-refractivity contribution < 1.29 is 0 Å². The molecule has 0 spiro atoms. The molecule has 2 aromatic heterocycles. The van der Waals surface area contributed by atoms with Crippen molar-refractivity contribution in [3.05, 3.63) is 176 Å². The van der Waals surface area contributed by atoms with Gasteiger partial charge in [-0.3, -0.25) is 9.55 Å². The number of imidazole rings is 1.